The van der Waals surface area contributed by atoms with Crippen LogP contribution in [0.2, 0.25) is 0 Å². The van der Waals surface area contributed by atoms with Gasteiger partial charge in [-0.15, -0.1) is 0 Å². The molecule has 1 fully saturated rings. The highest BCUT2D eigenvalue weighted by Crippen LogP contribution is 2.37. The first-order valence-electron chi connectivity index (χ1n) is 11.5. The smallest absolute Gasteiger partial charge is 0.306 e. The van der Waals surface area contributed by atoms with Crippen molar-refractivity contribution in [3.63, 3.8) is 0 Å². The first-order chi connectivity index (χ1) is 16.0. The lowest BCUT2D eigenvalue weighted by atomic mass is 9.89. The number of hydrogen-bond donors (Lipinski definition) is 2. The number of carbonyl (C=O) groups is 1. The van der Waals surface area contributed by atoms with Gasteiger partial charge in [0.15, 0.2) is 0 Å². The maximum Gasteiger partial charge on any atom is 0.306 e. The number of ether oxygens (including phenoxy) is 1. The zero-order valence-electron chi connectivity index (χ0n) is 18.7. The molecule has 2 N–H and O–H groups in total. The normalized spacial score (nSPS) is 20.1. The van der Waals surface area contributed by atoms with Crippen molar-refractivity contribution in [3.8, 4) is 16.9 Å². The fourth-order valence-electron chi connectivity index (χ4n) is 5.23. The third kappa shape index (κ3) is 4.25. The van der Waals surface area contributed by atoms with Crippen LogP contribution in [0.1, 0.15) is 37.8 Å². The van der Waals surface area contributed by atoms with Crippen LogP contribution in [-0.2, 0) is 4.79 Å². The Kier molecular flexibility index (Phi) is 5.89. The number of aliphatic carboxylic acids is 1. The molecule has 3 heterocycles. The number of carboxylic acids is 1. The van der Waals surface area contributed by atoms with Crippen molar-refractivity contribution < 1.29 is 19.0 Å². The topological polar surface area (TPSA) is 78.5 Å². The Morgan fingerprint density at radius 2 is 2.00 bits per heavy atom. The summed E-state index contributed by atoms with van der Waals surface area (Å²) in [5.74, 6) is -0.540. The second-order valence-electron chi connectivity index (χ2n) is 8.95. The van der Waals surface area contributed by atoms with Crippen LogP contribution in [0.15, 0.2) is 42.6 Å². The molecule has 0 saturated carbocycles. The van der Waals surface area contributed by atoms with E-state index in [2.05, 4.69) is 27.0 Å². The third-order valence-corrected chi connectivity index (χ3v) is 7.11. The van der Waals surface area contributed by atoms with Crippen LogP contribution in [0.3, 0.4) is 0 Å². The summed E-state index contributed by atoms with van der Waals surface area (Å²) in [6.07, 6.45) is 8.47. The fourth-order valence-corrected chi connectivity index (χ4v) is 5.23. The monoisotopic (exact) mass is 449 g/mol. The van der Waals surface area contributed by atoms with Gasteiger partial charge < -0.3 is 19.7 Å². The van der Waals surface area contributed by atoms with Crippen LogP contribution >= 0.6 is 0 Å². The van der Waals surface area contributed by atoms with Crippen molar-refractivity contribution in [2.75, 3.05) is 20.2 Å². The summed E-state index contributed by atoms with van der Waals surface area (Å²) in [6, 6.07) is 9.01. The molecule has 5 rings (SSSR count). The zero-order chi connectivity index (χ0) is 22.9. The maximum atomic E-state index is 14.0. The van der Waals surface area contributed by atoms with Gasteiger partial charge in [0.1, 0.15) is 17.2 Å². The number of piperidine rings is 1. The van der Waals surface area contributed by atoms with E-state index in [1.165, 1.54) is 17.7 Å². The molecule has 1 aliphatic carbocycles. The van der Waals surface area contributed by atoms with Gasteiger partial charge in [0.05, 0.1) is 13.0 Å². The number of likely N-dealkylation sites (tertiary alicyclic amines) is 1. The van der Waals surface area contributed by atoms with Crippen LogP contribution in [0.5, 0.6) is 5.75 Å². The number of carboxylic acid groups (broad SMARTS) is 1. The number of allylic oxidation sites excluding steroid dienone is 1. The summed E-state index contributed by atoms with van der Waals surface area (Å²) in [6.45, 7) is 1.72. The summed E-state index contributed by atoms with van der Waals surface area (Å²) >= 11 is 0. The molecule has 0 radical (unpaired) electrons. The maximum absolute atomic E-state index is 14.0. The van der Waals surface area contributed by atoms with Gasteiger partial charge in [-0.25, -0.2) is 9.37 Å². The Balaban J connectivity index is 1.37. The van der Waals surface area contributed by atoms with Gasteiger partial charge in [-0.2, -0.15) is 0 Å². The number of H-pyrrole nitrogens is 1. The summed E-state index contributed by atoms with van der Waals surface area (Å²) in [5, 5.41) is 10.2. The van der Waals surface area contributed by atoms with E-state index in [-0.39, 0.29) is 11.7 Å². The van der Waals surface area contributed by atoms with Gasteiger partial charge in [0.2, 0.25) is 0 Å². The predicted molar refractivity (Wildman–Crippen MR) is 126 cm³/mol. The largest absolute Gasteiger partial charge is 0.496 e. The van der Waals surface area contributed by atoms with Crippen LogP contribution in [0.25, 0.3) is 27.7 Å². The minimum Gasteiger partial charge on any atom is -0.496 e. The first-order valence-corrected chi connectivity index (χ1v) is 11.5. The van der Waals surface area contributed by atoms with Crippen molar-refractivity contribution >= 4 is 22.6 Å². The van der Waals surface area contributed by atoms with Crippen LogP contribution < -0.4 is 4.74 Å². The Labute approximate surface area is 192 Å². The average molecular weight is 450 g/mol. The minimum atomic E-state index is -0.664. The van der Waals surface area contributed by atoms with E-state index in [1.807, 2.05) is 6.07 Å². The van der Waals surface area contributed by atoms with E-state index in [0.717, 1.165) is 67.5 Å². The van der Waals surface area contributed by atoms with Gasteiger partial charge in [0.25, 0.3) is 0 Å². The van der Waals surface area contributed by atoms with Crippen LogP contribution in [-0.4, -0.2) is 52.2 Å². The SMILES string of the molecule is COc1ccc(F)cc1-c1ccnc2[nH]c(C3=CCC(N4CCC(C(=O)O)CC4)CC3)cc12. The number of benzene rings is 1. The van der Waals surface area contributed by atoms with E-state index in [0.29, 0.717) is 17.4 Å². The molecule has 1 atom stereocenters. The van der Waals surface area contributed by atoms with Gasteiger partial charge in [0, 0.05) is 28.9 Å². The lowest BCUT2D eigenvalue weighted by Gasteiger charge is -2.37. The van der Waals surface area contributed by atoms with Gasteiger partial charge in [-0.3, -0.25) is 4.79 Å². The Bertz CT molecular complexity index is 1210. The summed E-state index contributed by atoms with van der Waals surface area (Å²) in [7, 11) is 1.59. The number of methoxy groups -OCH3 is 1. The molecule has 6 nitrogen and oxygen atoms in total. The number of aromatic nitrogens is 2. The highest BCUT2D eigenvalue weighted by atomic mass is 19.1. The van der Waals surface area contributed by atoms with Crippen molar-refractivity contribution in [3.05, 3.63) is 54.1 Å². The number of pyridine rings is 1. The molecule has 2 aromatic heterocycles. The van der Waals surface area contributed by atoms with Crippen molar-refractivity contribution in [2.24, 2.45) is 5.92 Å². The number of aromatic amines is 1. The first kappa shape index (κ1) is 21.6. The number of hydrogen-bond acceptors (Lipinski definition) is 4. The zero-order valence-corrected chi connectivity index (χ0v) is 18.7. The number of nitrogens with one attached hydrogen (secondary N) is 1. The molecule has 1 aliphatic heterocycles. The molecular formula is C26H28FN3O3. The number of rotatable bonds is 5. The number of nitrogens with zero attached hydrogens (tertiary/aromatic N) is 2. The van der Waals surface area contributed by atoms with E-state index in [4.69, 9.17) is 4.74 Å². The van der Waals surface area contributed by atoms with Crippen molar-refractivity contribution in [1.82, 2.24) is 14.9 Å². The summed E-state index contributed by atoms with van der Waals surface area (Å²) in [4.78, 5) is 21.6. The molecule has 0 amide bonds. The highest BCUT2D eigenvalue weighted by molar-refractivity contribution is 5.96. The second-order valence-corrected chi connectivity index (χ2v) is 8.95. The molecule has 1 saturated heterocycles. The minimum absolute atomic E-state index is 0.194. The molecule has 7 heteroatoms. The molecule has 3 aromatic rings. The Morgan fingerprint density at radius 3 is 2.70 bits per heavy atom. The molecule has 0 bridgehead atoms. The predicted octanol–water partition coefficient (Wildman–Crippen LogP) is 5.11. The van der Waals surface area contributed by atoms with Crippen molar-refractivity contribution in [2.45, 2.75) is 38.1 Å². The summed E-state index contributed by atoms with van der Waals surface area (Å²) in [5.41, 5.74) is 4.67. The Morgan fingerprint density at radius 1 is 1.18 bits per heavy atom. The lowest BCUT2D eigenvalue weighted by molar-refractivity contribution is -0.143. The average Bonchev–Trinajstić information content (AvgIpc) is 3.29. The molecule has 0 spiro atoms. The Hall–Kier alpha value is -3.19. The molecule has 1 aromatic carbocycles. The summed E-state index contributed by atoms with van der Waals surface area (Å²) < 4.78 is 19.5. The van der Waals surface area contributed by atoms with E-state index < -0.39 is 5.97 Å². The van der Waals surface area contributed by atoms with E-state index in [1.54, 1.807) is 19.4 Å². The van der Waals surface area contributed by atoms with Gasteiger partial charge in [-0.05, 0) is 86.7 Å². The quantitative estimate of drug-likeness (QED) is 0.566. The third-order valence-electron chi connectivity index (χ3n) is 7.11. The standard InChI is InChI=1S/C26H28FN3O3/c1-33-24-7-4-18(27)14-21(24)20-8-11-28-25-22(20)15-23(29-25)16-2-5-19(6-3-16)30-12-9-17(10-13-30)26(31)32/h2,4,7-8,11,14-15,17,19H,3,5-6,9-10,12-13H2,1H3,(H,28,29)(H,31,32). The molecule has 33 heavy (non-hydrogen) atoms. The number of halogens is 1. The van der Waals surface area contributed by atoms with Gasteiger partial charge >= 0.3 is 5.97 Å². The van der Waals surface area contributed by atoms with Gasteiger partial charge in [-0.1, -0.05) is 6.08 Å². The van der Waals surface area contributed by atoms with Crippen LogP contribution in [0, 0.1) is 11.7 Å². The van der Waals surface area contributed by atoms with Crippen molar-refractivity contribution in [1.29, 1.82) is 0 Å². The highest BCUT2D eigenvalue weighted by Gasteiger charge is 2.29. The van der Waals surface area contributed by atoms with E-state index >= 15 is 0 Å². The molecule has 172 valence electrons. The molecular weight excluding hydrogens is 421 g/mol. The molecule has 1 unspecified atom stereocenters. The number of fused-ring (bicyclic) bond motifs is 1. The lowest BCUT2D eigenvalue weighted by Crippen LogP contribution is -2.43. The molecule has 2 aliphatic rings. The fraction of sp³-hybridized carbons (Fsp3) is 0.385. The second kappa shape index (κ2) is 8.98. The van der Waals surface area contributed by atoms with E-state index in [9.17, 15) is 14.3 Å². The van der Waals surface area contributed by atoms with Crippen LogP contribution in [0.4, 0.5) is 4.39 Å².